The molecule has 1 fully saturated rings. The molecule has 1 heterocycles. The minimum Gasteiger partial charge on any atom is -0.396 e. The lowest BCUT2D eigenvalue weighted by Crippen LogP contribution is -2.19. The van der Waals surface area contributed by atoms with Gasteiger partial charge in [-0.15, -0.1) is 0 Å². The van der Waals surface area contributed by atoms with Crippen molar-refractivity contribution in [2.45, 2.75) is 39.0 Å². The number of hydrazine groups is 1. The molecule has 19 heavy (non-hydrogen) atoms. The second-order valence-corrected chi connectivity index (χ2v) is 5.62. The fraction of sp³-hybridized carbons (Fsp3) is 0.692. The third-order valence-corrected chi connectivity index (χ3v) is 3.65. The maximum atomic E-state index is 9.06. The van der Waals surface area contributed by atoms with Crippen molar-refractivity contribution in [2.24, 2.45) is 11.3 Å². The van der Waals surface area contributed by atoms with Crippen LogP contribution in [0, 0.1) is 5.41 Å². The van der Waals surface area contributed by atoms with Crippen LogP contribution in [0.25, 0.3) is 0 Å². The third kappa shape index (κ3) is 3.54. The molecule has 0 unspecified atom stereocenters. The van der Waals surface area contributed by atoms with Crippen molar-refractivity contribution in [3.05, 3.63) is 11.9 Å². The Balaban J connectivity index is 2.05. The third-order valence-electron chi connectivity index (χ3n) is 3.65. The van der Waals surface area contributed by atoms with Crippen molar-refractivity contribution in [1.29, 1.82) is 0 Å². The van der Waals surface area contributed by atoms with E-state index in [1.54, 1.807) is 6.07 Å². The lowest BCUT2D eigenvalue weighted by molar-refractivity contribution is 0.253. The molecular weight excluding hydrogens is 242 g/mol. The van der Waals surface area contributed by atoms with Gasteiger partial charge in [0.15, 0.2) is 0 Å². The van der Waals surface area contributed by atoms with E-state index in [1.807, 2.05) is 13.8 Å². The van der Waals surface area contributed by atoms with Crippen LogP contribution < -0.4 is 16.6 Å². The minimum atomic E-state index is 0.248. The monoisotopic (exact) mass is 265 g/mol. The Morgan fingerprint density at radius 3 is 2.58 bits per heavy atom. The molecule has 0 spiro atoms. The second-order valence-electron chi connectivity index (χ2n) is 5.62. The van der Waals surface area contributed by atoms with Crippen LogP contribution in [0.4, 0.5) is 11.6 Å². The van der Waals surface area contributed by atoms with Crippen molar-refractivity contribution in [2.75, 3.05) is 23.9 Å². The van der Waals surface area contributed by atoms with Crippen molar-refractivity contribution < 1.29 is 5.11 Å². The van der Waals surface area contributed by atoms with Gasteiger partial charge in [-0.25, -0.2) is 15.8 Å². The van der Waals surface area contributed by atoms with Crippen LogP contribution in [-0.2, 0) is 0 Å². The SMILES string of the molecule is CC(C)c1nc(NN)cc(NCC2(CCO)CC2)n1. The standard InChI is InChI=1S/C13H23N5O/c1-9(2)12-16-10(7-11(17-12)18-14)15-8-13(3-4-13)5-6-19/h7,9,19H,3-6,8,14H2,1-2H3,(H2,15,16,17,18). The lowest BCUT2D eigenvalue weighted by Gasteiger charge is -2.16. The van der Waals surface area contributed by atoms with Gasteiger partial charge in [0.05, 0.1) is 0 Å². The summed E-state index contributed by atoms with van der Waals surface area (Å²) in [6.45, 7) is 5.19. The average Bonchev–Trinajstić information content (AvgIpc) is 3.17. The van der Waals surface area contributed by atoms with Crippen molar-refractivity contribution >= 4 is 11.6 Å². The summed E-state index contributed by atoms with van der Waals surface area (Å²) < 4.78 is 0. The number of aliphatic hydroxyl groups excluding tert-OH is 1. The Morgan fingerprint density at radius 1 is 1.37 bits per heavy atom. The zero-order valence-electron chi connectivity index (χ0n) is 11.6. The number of nitrogen functional groups attached to an aromatic ring is 1. The number of nitrogens with one attached hydrogen (secondary N) is 2. The molecule has 0 saturated heterocycles. The molecule has 6 heteroatoms. The van der Waals surface area contributed by atoms with Crippen LogP contribution in [0.2, 0.25) is 0 Å². The molecule has 6 nitrogen and oxygen atoms in total. The van der Waals surface area contributed by atoms with Crippen molar-refractivity contribution in [3.8, 4) is 0 Å². The van der Waals surface area contributed by atoms with E-state index in [-0.39, 0.29) is 17.9 Å². The van der Waals surface area contributed by atoms with Gasteiger partial charge in [0.2, 0.25) is 0 Å². The first-order valence-electron chi connectivity index (χ1n) is 6.79. The Labute approximate surface area is 113 Å². The first-order chi connectivity index (χ1) is 9.08. The molecule has 0 aromatic carbocycles. The molecule has 0 radical (unpaired) electrons. The molecule has 0 atom stereocenters. The Kier molecular flexibility index (Phi) is 4.21. The summed E-state index contributed by atoms with van der Waals surface area (Å²) >= 11 is 0. The Bertz CT molecular complexity index is 431. The average molecular weight is 265 g/mol. The van der Waals surface area contributed by atoms with Crippen LogP contribution in [0.1, 0.15) is 44.9 Å². The number of rotatable bonds is 7. The highest BCUT2D eigenvalue weighted by Crippen LogP contribution is 2.48. The van der Waals surface area contributed by atoms with E-state index in [0.717, 1.165) is 24.6 Å². The summed E-state index contributed by atoms with van der Waals surface area (Å²) in [5.74, 6) is 7.85. The topological polar surface area (TPSA) is 96.1 Å². The summed E-state index contributed by atoms with van der Waals surface area (Å²) in [6.07, 6.45) is 3.19. The largest absolute Gasteiger partial charge is 0.396 e. The summed E-state index contributed by atoms with van der Waals surface area (Å²) in [7, 11) is 0. The number of aromatic nitrogens is 2. The van der Waals surface area contributed by atoms with Gasteiger partial charge in [-0.05, 0) is 24.7 Å². The molecule has 1 aliphatic rings. The van der Waals surface area contributed by atoms with E-state index in [9.17, 15) is 0 Å². The fourth-order valence-electron chi connectivity index (χ4n) is 2.10. The van der Waals surface area contributed by atoms with Crippen LogP contribution in [-0.4, -0.2) is 28.2 Å². The van der Waals surface area contributed by atoms with Crippen LogP contribution in [0.15, 0.2) is 6.07 Å². The van der Waals surface area contributed by atoms with Crippen molar-refractivity contribution in [1.82, 2.24) is 9.97 Å². The molecule has 1 aromatic heterocycles. The summed E-state index contributed by atoms with van der Waals surface area (Å²) in [4.78, 5) is 8.81. The molecule has 5 N–H and O–H groups in total. The highest BCUT2D eigenvalue weighted by Gasteiger charge is 2.41. The maximum Gasteiger partial charge on any atom is 0.145 e. The van der Waals surface area contributed by atoms with E-state index >= 15 is 0 Å². The normalized spacial score (nSPS) is 16.5. The molecule has 2 rings (SSSR count). The zero-order valence-corrected chi connectivity index (χ0v) is 11.6. The second kappa shape index (κ2) is 5.71. The van der Waals surface area contributed by atoms with Gasteiger partial charge < -0.3 is 15.8 Å². The predicted octanol–water partition coefficient (Wildman–Crippen LogP) is 1.46. The Hall–Kier alpha value is -1.40. The number of hydrogen-bond acceptors (Lipinski definition) is 6. The van der Waals surface area contributed by atoms with E-state index in [1.165, 1.54) is 12.8 Å². The van der Waals surface area contributed by atoms with Gasteiger partial charge in [-0.2, -0.15) is 0 Å². The van der Waals surface area contributed by atoms with Gasteiger partial charge in [0, 0.05) is 25.1 Å². The summed E-state index contributed by atoms with van der Waals surface area (Å²) in [6, 6.07) is 1.81. The summed E-state index contributed by atoms with van der Waals surface area (Å²) in [5.41, 5.74) is 2.83. The van der Waals surface area contributed by atoms with Gasteiger partial charge in [-0.3, -0.25) is 0 Å². The van der Waals surface area contributed by atoms with Crippen LogP contribution in [0.3, 0.4) is 0 Å². The lowest BCUT2D eigenvalue weighted by atomic mass is 10.0. The highest BCUT2D eigenvalue weighted by atomic mass is 16.3. The van der Waals surface area contributed by atoms with Gasteiger partial charge in [-0.1, -0.05) is 13.8 Å². The van der Waals surface area contributed by atoms with Crippen LogP contribution in [0.5, 0.6) is 0 Å². The van der Waals surface area contributed by atoms with E-state index < -0.39 is 0 Å². The van der Waals surface area contributed by atoms with Gasteiger partial charge in [0.1, 0.15) is 17.5 Å². The van der Waals surface area contributed by atoms with E-state index in [2.05, 4.69) is 20.7 Å². The maximum absolute atomic E-state index is 9.06. The molecule has 0 bridgehead atoms. The molecule has 106 valence electrons. The molecule has 1 saturated carbocycles. The minimum absolute atomic E-state index is 0.248. The molecule has 0 aliphatic heterocycles. The van der Waals surface area contributed by atoms with E-state index in [0.29, 0.717) is 5.82 Å². The molecular formula is C13H23N5O. The summed E-state index contributed by atoms with van der Waals surface area (Å²) in [5, 5.41) is 12.4. The molecule has 1 aliphatic carbocycles. The number of aliphatic hydroxyl groups is 1. The first-order valence-corrected chi connectivity index (χ1v) is 6.79. The fourth-order valence-corrected chi connectivity index (χ4v) is 2.10. The van der Waals surface area contributed by atoms with E-state index in [4.69, 9.17) is 10.9 Å². The number of nitrogens with two attached hydrogens (primary N) is 1. The van der Waals surface area contributed by atoms with Crippen molar-refractivity contribution in [3.63, 3.8) is 0 Å². The predicted molar refractivity (Wildman–Crippen MR) is 75.8 cm³/mol. The molecule has 0 amide bonds. The van der Waals surface area contributed by atoms with Crippen LogP contribution >= 0.6 is 0 Å². The first kappa shape index (κ1) is 14.0. The quantitative estimate of drug-likeness (QED) is 0.440. The Morgan fingerprint density at radius 2 is 2.05 bits per heavy atom. The smallest absolute Gasteiger partial charge is 0.145 e. The van der Waals surface area contributed by atoms with Gasteiger partial charge >= 0.3 is 0 Å². The highest BCUT2D eigenvalue weighted by molar-refractivity contribution is 5.47. The number of nitrogens with zero attached hydrogens (tertiary/aromatic N) is 2. The molecule has 1 aromatic rings. The number of anilines is 2. The van der Waals surface area contributed by atoms with Gasteiger partial charge in [0.25, 0.3) is 0 Å². The zero-order chi connectivity index (χ0) is 13.9. The number of hydrogen-bond donors (Lipinski definition) is 4.